The number of ether oxygens (including phenoxy) is 1. The lowest BCUT2D eigenvalue weighted by atomic mass is 9.71. The zero-order valence-electron chi connectivity index (χ0n) is 18.0. The van der Waals surface area contributed by atoms with E-state index in [4.69, 9.17) is 4.74 Å². The molecule has 0 aromatic rings. The first kappa shape index (κ1) is 22.4. The highest BCUT2D eigenvalue weighted by molar-refractivity contribution is 5.86. The van der Waals surface area contributed by atoms with Crippen molar-refractivity contribution in [3.8, 4) is 0 Å². The lowest BCUT2D eigenvalue weighted by Crippen LogP contribution is -2.20. The lowest BCUT2D eigenvalue weighted by Gasteiger charge is -2.35. The van der Waals surface area contributed by atoms with E-state index in [1.54, 1.807) is 11.1 Å². The molecule has 1 aliphatic carbocycles. The third-order valence-corrected chi connectivity index (χ3v) is 5.94. The summed E-state index contributed by atoms with van der Waals surface area (Å²) in [6.07, 6.45) is 17.5. The maximum absolute atomic E-state index is 11.0. The minimum Gasteiger partial charge on any atom is -0.458 e. The van der Waals surface area contributed by atoms with Crippen LogP contribution in [0.2, 0.25) is 0 Å². The molecule has 0 unspecified atom stereocenters. The number of rotatable bonds is 9. The van der Waals surface area contributed by atoms with Crippen LogP contribution in [0.15, 0.2) is 58.2 Å². The van der Waals surface area contributed by atoms with Gasteiger partial charge < -0.3 is 9.84 Å². The Morgan fingerprint density at radius 3 is 2.75 bits per heavy atom. The van der Waals surface area contributed by atoms with Crippen molar-refractivity contribution in [3.63, 3.8) is 0 Å². The first-order valence-electron chi connectivity index (χ1n) is 10.5. The van der Waals surface area contributed by atoms with Crippen LogP contribution in [0.1, 0.15) is 72.6 Å². The number of esters is 1. The number of aliphatic hydroxyl groups is 1. The highest BCUT2D eigenvalue weighted by Crippen LogP contribution is 2.42. The fourth-order valence-electron chi connectivity index (χ4n) is 4.16. The third-order valence-electron chi connectivity index (χ3n) is 5.94. The minimum absolute atomic E-state index is 0.0615. The first-order chi connectivity index (χ1) is 13.3. The van der Waals surface area contributed by atoms with Crippen LogP contribution in [0.4, 0.5) is 0 Å². The van der Waals surface area contributed by atoms with Crippen LogP contribution >= 0.6 is 0 Å². The smallest absolute Gasteiger partial charge is 0.331 e. The number of allylic oxidation sites excluding steroid dienone is 6. The van der Waals surface area contributed by atoms with Gasteiger partial charge in [0.25, 0.3) is 0 Å². The molecule has 28 heavy (non-hydrogen) atoms. The molecule has 0 bridgehead atoms. The van der Waals surface area contributed by atoms with Crippen LogP contribution in [0.25, 0.3) is 0 Å². The van der Waals surface area contributed by atoms with Gasteiger partial charge in [-0.3, -0.25) is 0 Å². The molecule has 0 atom stereocenters. The molecule has 0 aromatic heterocycles. The molecule has 1 aliphatic heterocycles. The summed E-state index contributed by atoms with van der Waals surface area (Å²) in [4.78, 5) is 11.0. The van der Waals surface area contributed by atoms with Gasteiger partial charge in [-0.1, -0.05) is 54.9 Å². The van der Waals surface area contributed by atoms with Gasteiger partial charge >= 0.3 is 5.97 Å². The van der Waals surface area contributed by atoms with Crippen LogP contribution in [-0.4, -0.2) is 24.3 Å². The third kappa shape index (κ3) is 6.94. The molecule has 0 aromatic carbocycles. The van der Waals surface area contributed by atoms with Gasteiger partial charge in [0.05, 0.1) is 6.61 Å². The Balaban J connectivity index is 1.81. The largest absolute Gasteiger partial charge is 0.458 e. The van der Waals surface area contributed by atoms with Gasteiger partial charge in [0.2, 0.25) is 0 Å². The van der Waals surface area contributed by atoms with E-state index in [0.29, 0.717) is 12.0 Å². The summed E-state index contributed by atoms with van der Waals surface area (Å²) in [6, 6.07) is 0. The van der Waals surface area contributed by atoms with Gasteiger partial charge in [0, 0.05) is 6.08 Å². The molecule has 3 heteroatoms. The summed E-state index contributed by atoms with van der Waals surface area (Å²) in [5.41, 5.74) is 6.91. The van der Waals surface area contributed by atoms with E-state index in [1.165, 1.54) is 37.3 Å². The molecular weight excluding hydrogens is 348 g/mol. The molecule has 1 heterocycles. The second-order valence-electron chi connectivity index (χ2n) is 8.75. The number of carbonyl (C=O) groups excluding carboxylic acids is 1. The number of hydrogen-bond donors (Lipinski definition) is 1. The summed E-state index contributed by atoms with van der Waals surface area (Å²) in [5, 5.41) is 9.56. The van der Waals surface area contributed by atoms with Crippen LogP contribution in [0.3, 0.4) is 0 Å². The van der Waals surface area contributed by atoms with E-state index in [1.807, 2.05) is 18.2 Å². The van der Waals surface area contributed by atoms with Crippen molar-refractivity contribution < 1.29 is 14.6 Å². The molecule has 0 fully saturated rings. The summed E-state index contributed by atoms with van der Waals surface area (Å²) in [5.74, 6) is -0.283. The summed E-state index contributed by atoms with van der Waals surface area (Å²) in [6.45, 7) is 9.71. The van der Waals surface area contributed by atoms with Crippen molar-refractivity contribution in [1.82, 2.24) is 0 Å². The van der Waals surface area contributed by atoms with Crippen molar-refractivity contribution in [2.24, 2.45) is 5.41 Å². The molecule has 154 valence electrons. The average molecular weight is 385 g/mol. The molecule has 2 aliphatic rings. The molecule has 0 radical (unpaired) electrons. The first-order valence-corrected chi connectivity index (χ1v) is 10.5. The minimum atomic E-state index is -0.283. The maximum Gasteiger partial charge on any atom is 0.331 e. The van der Waals surface area contributed by atoms with Crippen LogP contribution < -0.4 is 0 Å². The Morgan fingerprint density at radius 1 is 1.32 bits per heavy atom. The number of aliphatic hydroxyl groups excluding tert-OH is 1. The topological polar surface area (TPSA) is 46.5 Å². The molecular formula is C25H36O3. The summed E-state index contributed by atoms with van der Waals surface area (Å²) in [7, 11) is 0. The Morgan fingerprint density at radius 2 is 2.11 bits per heavy atom. The summed E-state index contributed by atoms with van der Waals surface area (Å²) >= 11 is 0. The van der Waals surface area contributed by atoms with Gasteiger partial charge in [0.15, 0.2) is 0 Å². The summed E-state index contributed by atoms with van der Waals surface area (Å²) < 4.78 is 4.86. The van der Waals surface area contributed by atoms with E-state index in [2.05, 4.69) is 33.8 Å². The number of carbonyl (C=O) groups is 1. The molecule has 0 saturated heterocycles. The highest BCUT2D eigenvalue weighted by atomic mass is 16.5. The molecule has 2 rings (SSSR count). The Labute approximate surface area is 170 Å². The fourth-order valence-corrected chi connectivity index (χ4v) is 4.16. The van der Waals surface area contributed by atoms with Crippen molar-refractivity contribution >= 4 is 5.97 Å². The molecule has 0 amide bonds. The Kier molecular flexibility index (Phi) is 8.50. The fraction of sp³-hybridized carbons (Fsp3) is 0.560. The van der Waals surface area contributed by atoms with E-state index < -0.39 is 0 Å². The van der Waals surface area contributed by atoms with Crippen molar-refractivity contribution in [2.45, 2.75) is 72.6 Å². The zero-order valence-corrected chi connectivity index (χ0v) is 18.0. The molecule has 3 nitrogen and oxygen atoms in total. The van der Waals surface area contributed by atoms with Crippen LogP contribution in [-0.2, 0) is 9.53 Å². The second-order valence-corrected chi connectivity index (χ2v) is 8.75. The van der Waals surface area contributed by atoms with Gasteiger partial charge in [0.1, 0.15) is 6.61 Å². The highest BCUT2D eigenvalue weighted by Gasteiger charge is 2.27. The number of hydrogen-bond acceptors (Lipinski definition) is 3. The average Bonchev–Trinajstić information content (AvgIpc) is 3.04. The lowest BCUT2D eigenvalue weighted by molar-refractivity contribution is -0.134. The number of cyclic esters (lactones) is 1. The van der Waals surface area contributed by atoms with Gasteiger partial charge in [-0.25, -0.2) is 4.79 Å². The predicted octanol–water partition coefficient (Wildman–Crippen LogP) is 5.98. The van der Waals surface area contributed by atoms with E-state index >= 15 is 0 Å². The Hall–Kier alpha value is -1.87. The van der Waals surface area contributed by atoms with Gasteiger partial charge in [-0.05, 0) is 75.4 Å². The van der Waals surface area contributed by atoms with Crippen molar-refractivity contribution in [1.29, 1.82) is 0 Å². The van der Waals surface area contributed by atoms with Crippen LogP contribution in [0.5, 0.6) is 0 Å². The normalized spacial score (nSPS) is 20.8. The molecule has 1 N–H and O–H groups in total. The zero-order chi connectivity index (χ0) is 20.6. The van der Waals surface area contributed by atoms with Gasteiger partial charge in [-0.2, -0.15) is 0 Å². The SMILES string of the molecule is CC1=C(CC/C(C)=C/CC/C(=C\C=C\C2=CC(=O)OC2)CO)C(C)(C)CCC1. The quantitative estimate of drug-likeness (QED) is 0.302. The van der Waals surface area contributed by atoms with E-state index in [0.717, 1.165) is 30.4 Å². The van der Waals surface area contributed by atoms with Crippen molar-refractivity contribution in [3.05, 3.63) is 58.2 Å². The second kappa shape index (κ2) is 10.6. The van der Waals surface area contributed by atoms with E-state index in [9.17, 15) is 9.90 Å². The monoisotopic (exact) mass is 384 g/mol. The maximum atomic E-state index is 11.0. The van der Waals surface area contributed by atoms with Crippen LogP contribution in [0, 0.1) is 5.41 Å². The van der Waals surface area contributed by atoms with Gasteiger partial charge in [-0.15, -0.1) is 0 Å². The Bertz CT molecular complexity index is 714. The molecule has 0 spiro atoms. The van der Waals surface area contributed by atoms with Crippen molar-refractivity contribution in [2.75, 3.05) is 13.2 Å². The predicted molar refractivity (Wildman–Crippen MR) is 116 cm³/mol. The van der Waals surface area contributed by atoms with E-state index in [-0.39, 0.29) is 12.6 Å². The standard InChI is InChI=1S/C25H36O3/c1-19(13-14-23-20(2)9-7-15-25(23,3)4)8-5-10-21(17-26)11-6-12-22-16-24(27)28-18-22/h6,8,11-12,16,26H,5,7,9-10,13-15,17-18H2,1-4H3/b12-6+,19-8+,21-11+. The molecule has 0 saturated carbocycles.